The lowest BCUT2D eigenvalue weighted by Gasteiger charge is -2.34. The summed E-state index contributed by atoms with van der Waals surface area (Å²) in [6.45, 7) is 5.62. The molecule has 0 radical (unpaired) electrons. The highest BCUT2D eigenvalue weighted by Crippen LogP contribution is 2.22. The minimum absolute atomic E-state index is 0.408. The van der Waals surface area contributed by atoms with E-state index in [1.54, 1.807) is 19.5 Å². The molecular formula is C19H27N7O. The van der Waals surface area contributed by atoms with Gasteiger partial charge in [0, 0.05) is 51.7 Å². The number of hydrogen-bond acceptors (Lipinski definition) is 6. The van der Waals surface area contributed by atoms with Crippen LogP contribution in [0.25, 0.3) is 0 Å². The highest BCUT2D eigenvalue weighted by atomic mass is 16.5. The zero-order valence-corrected chi connectivity index (χ0v) is 15.7. The molecule has 1 aromatic heterocycles. The van der Waals surface area contributed by atoms with E-state index in [0.717, 1.165) is 56.5 Å². The summed E-state index contributed by atoms with van der Waals surface area (Å²) < 4.78 is 5.30. The molecule has 8 nitrogen and oxygen atoms in total. The second kappa shape index (κ2) is 9.72. The smallest absolute Gasteiger partial charge is 0.225 e. The molecular weight excluding hydrogens is 342 g/mol. The minimum Gasteiger partial charge on any atom is -0.495 e. The van der Waals surface area contributed by atoms with Crippen molar-refractivity contribution in [2.24, 2.45) is 10.7 Å². The topological polar surface area (TPSA) is 91.9 Å². The third-order valence-electron chi connectivity index (χ3n) is 4.49. The van der Waals surface area contributed by atoms with Crippen molar-refractivity contribution in [3.63, 3.8) is 0 Å². The van der Waals surface area contributed by atoms with Gasteiger partial charge in [0.1, 0.15) is 5.75 Å². The maximum absolute atomic E-state index is 5.98. The summed E-state index contributed by atoms with van der Waals surface area (Å²) in [5.41, 5.74) is 6.80. The molecule has 2 heterocycles. The van der Waals surface area contributed by atoms with Gasteiger partial charge in [-0.25, -0.2) is 9.97 Å². The predicted molar refractivity (Wildman–Crippen MR) is 108 cm³/mol. The zero-order chi connectivity index (χ0) is 18.9. The third kappa shape index (κ3) is 5.55. The Balaban J connectivity index is 1.37. The van der Waals surface area contributed by atoms with Gasteiger partial charge in [0.2, 0.25) is 5.95 Å². The molecule has 0 aliphatic carbocycles. The molecule has 1 fully saturated rings. The van der Waals surface area contributed by atoms with Crippen LogP contribution in [0.4, 0.5) is 11.6 Å². The second-order valence-corrected chi connectivity index (χ2v) is 6.32. The molecule has 0 unspecified atom stereocenters. The number of methoxy groups -OCH3 is 1. The Bertz CT molecular complexity index is 730. The van der Waals surface area contributed by atoms with E-state index in [2.05, 4.69) is 30.1 Å². The summed E-state index contributed by atoms with van der Waals surface area (Å²) in [6.07, 6.45) is 4.54. The van der Waals surface area contributed by atoms with Gasteiger partial charge in [-0.3, -0.25) is 9.89 Å². The Kier molecular flexibility index (Phi) is 6.81. The number of hydrogen-bond donors (Lipinski definition) is 2. The predicted octanol–water partition coefficient (Wildman–Crippen LogP) is 1.42. The first-order valence-corrected chi connectivity index (χ1v) is 9.20. The van der Waals surface area contributed by atoms with Crippen molar-refractivity contribution in [3.05, 3.63) is 42.7 Å². The van der Waals surface area contributed by atoms with Crippen molar-refractivity contribution < 1.29 is 4.74 Å². The summed E-state index contributed by atoms with van der Waals surface area (Å²) in [6, 6.07) is 9.49. The Morgan fingerprint density at radius 2 is 1.89 bits per heavy atom. The number of para-hydroxylation sites is 2. The van der Waals surface area contributed by atoms with Crippen molar-refractivity contribution in [1.29, 1.82) is 0 Å². The Labute approximate surface area is 160 Å². The molecule has 1 aliphatic heterocycles. The molecule has 144 valence electrons. The van der Waals surface area contributed by atoms with Crippen LogP contribution < -0.4 is 20.7 Å². The third-order valence-corrected chi connectivity index (χ3v) is 4.49. The van der Waals surface area contributed by atoms with Crippen LogP contribution >= 0.6 is 0 Å². The number of benzene rings is 1. The lowest BCUT2D eigenvalue weighted by Crippen LogP contribution is -2.47. The van der Waals surface area contributed by atoms with Crippen molar-refractivity contribution in [2.75, 3.05) is 56.6 Å². The zero-order valence-electron chi connectivity index (χ0n) is 15.7. The van der Waals surface area contributed by atoms with E-state index >= 15 is 0 Å². The van der Waals surface area contributed by atoms with Gasteiger partial charge < -0.3 is 20.7 Å². The van der Waals surface area contributed by atoms with Crippen LogP contribution in [0.2, 0.25) is 0 Å². The first-order chi connectivity index (χ1) is 13.3. The number of rotatable bonds is 7. The highest BCUT2D eigenvalue weighted by Gasteiger charge is 2.18. The lowest BCUT2D eigenvalue weighted by molar-refractivity contribution is 0.255. The van der Waals surface area contributed by atoms with E-state index < -0.39 is 0 Å². The number of aromatic nitrogens is 2. The van der Waals surface area contributed by atoms with Gasteiger partial charge in [-0.05, 0) is 24.6 Å². The SMILES string of the molecule is COc1ccccc1NC(N)=NCCCN1CCN(c2ncccn2)CC1. The van der Waals surface area contributed by atoms with Gasteiger partial charge in [0.25, 0.3) is 0 Å². The standard InChI is InChI=1S/C19H27N7O/c1-27-17-7-3-2-6-16(17)24-18(20)21-10-5-11-25-12-14-26(15-13-25)19-22-8-4-9-23-19/h2-4,6-9H,5,10-15H2,1H3,(H3,20,21,24). The molecule has 0 spiro atoms. The van der Waals surface area contributed by atoms with E-state index in [-0.39, 0.29) is 0 Å². The quantitative estimate of drug-likeness (QED) is 0.433. The van der Waals surface area contributed by atoms with Gasteiger partial charge >= 0.3 is 0 Å². The Morgan fingerprint density at radius 3 is 2.63 bits per heavy atom. The van der Waals surface area contributed by atoms with Crippen molar-refractivity contribution in [3.8, 4) is 5.75 Å². The van der Waals surface area contributed by atoms with E-state index in [1.807, 2.05) is 30.3 Å². The van der Waals surface area contributed by atoms with Crippen LogP contribution in [-0.2, 0) is 0 Å². The summed E-state index contributed by atoms with van der Waals surface area (Å²) in [5.74, 6) is 1.97. The molecule has 0 atom stereocenters. The van der Waals surface area contributed by atoms with Crippen molar-refractivity contribution in [2.45, 2.75) is 6.42 Å². The largest absolute Gasteiger partial charge is 0.495 e. The highest BCUT2D eigenvalue weighted by molar-refractivity contribution is 5.93. The number of aliphatic imine (C=N–C) groups is 1. The van der Waals surface area contributed by atoms with Crippen molar-refractivity contribution >= 4 is 17.6 Å². The summed E-state index contributed by atoms with van der Waals surface area (Å²) in [4.78, 5) is 17.7. The lowest BCUT2D eigenvalue weighted by atomic mass is 10.3. The van der Waals surface area contributed by atoms with Crippen LogP contribution in [-0.4, -0.2) is 67.2 Å². The average molecular weight is 369 g/mol. The fraction of sp³-hybridized carbons (Fsp3) is 0.421. The first-order valence-electron chi connectivity index (χ1n) is 9.20. The molecule has 1 aliphatic rings. The van der Waals surface area contributed by atoms with E-state index in [1.165, 1.54) is 0 Å². The Morgan fingerprint density at radius 1 is 1.15 bits per heavy atom. The molecule has 27 heavy (non-hydrogen) atoms. The van der Waals surface area contributed by atoms with Crippen LogP contribution in [0.3, 0.4) is 0 Å². The molecule has 0 bridgehead atoms. The van der Waals surface area contributed by atoms with E-state index in [9.17, 15) is 0 Å². The molecule has 3 rings (SSSR count). The molecule has 2 aromatic rings. The minimum atomic E-state index is 0.408. The Hall–Kier alpha value is -2.87. The number of nitrogens with two attached hydrogens (primary N) is 1. The monoisotopic (exact) mass is 369 g/mol. The van der Waals surface area contributed by atoms with Crippen LogP contribution in [0.1, 0.15) is 6.42 Å². The van der Waals surface area contributed by atoms with Gasteiger partial charge in [-0.15, -0.1) is 0 Å². The fourth-order valence-electron chi connectivity index (χ4n) is 3.05. The average Bonchev–Trinajstić information content (AvgIpc) is 2.73. The van der Waals surface area contributed by atoms with E-state index in [4.69, 9.17) is 10.5 Å². The molecule has 1 saturated heterocycles. The summed E-state index contributed by atoms with van der Waals surface area (Å²) in [5, 5.41) is 3.09. The van der Waals surface area contributed by atoms with Gasteiger partial charge in [0.05, 0.1) is 12.8 Å². The molecule has 0 amide bonds. The molecule has 8 heteroatoms. The van der Waals surface area contributed by atoms with Crippen LogP contribution in [0, 0.1) is 0 Å². The fourth-order valence-corrected chi connectivity index (χ4v) is 3.05. The van der Waals surface area contributed by atoms with Gasteiger partial charge in [0.15, 0.2) is 5.96 Å². The second-order valence-electron chi connectivity index (χ2n) is 6.32. The van der Waals surface area contributed by atoms with Crippen LogP contribution in [0.5, 0.6) is 5.75 Å². The van der Waals surface area contributed by atoms with Crippen molar-refractivity contribution in [1.82, 2.24) is 14.9 Å². The van der Waals surface area contributed by atoms with E-state index in [0.29, 0.717) is 12.5 Å². The number of guanidine groups is 1. The number of ether oxygens (including phenoxy) is 1. The number of nitrogens with one attached hydrogen (secondary N) is 1. The maximum atomic E-state index is 5.98. The number of piperazine rings is 1. The maximum Gasteiger partial charge on any atom is 0.225 e. The summed E-state index contributed by atoms with van der Waals surface area (Å²) >= 11 is 0. The molecule has 3 N–H and O–H groups in total. The van der Waals surface area contributed by atoms with Gasteiger partial charge in [-0.1, -0.05) is 12.1 Å². The molecule has 1 aromatic carbocycles. The first kappa shape index (κ1) is 18.9. The summed E-state index contributed by atoms with van der Waals surface area (Å²) in [7, 11) is 1.64. The molecule has 0 saturated carbocycles. The van der Waals surface area contributed by atoms with Crippen LogP contribution in [0.15, 0.2) is 47.7 Å². The number of nitrogens with zero attached hydrogens (tertiary/aromatic N) is 5. The van der Waals surface area contributed by atoms with Gasteiger partial charge in [-0.2, -0.15) is 0 Å². The normalized spacial score (nSPS) is 15.6. The number of anilines is 2.